The molecule has 23 heavy (non-hydrogen) atoms. The van der Waals surface area contributed by atoms with Gasteiger partial charge in [0.05, 0.1) is 11.3 Å². The monoisotopic (exact) mass is 330 g/mol. The van der Waals surface area contributed by atoms with Crippen molar-refractivity contribution >= 4 is 33.3 Å². The van der Waals surface area contributed by atoms with Crippen LogP contribution in [0.1, 0.15) is 42.5 Å². The summed E-state index contributed by atoms with van der Waals surface area (Å²) in [5.74, 6) is 0.760. The molecule has 2 aromatic rings. The molecule has 6 heteroatoms. The average molecular weight is 330 g/mol. The number of nitrogens with two attached hydrogens (primary N) is 1. The highest BCUT2D eigenvalue weighted by atomic mass is 32.1. The van der Waals surface area contributed by atoms with Crippen LogP contribution in [0, 0.1) is 5.92 Å². The normalized spacial score (nSPS) is 21.9. The van der Waals surface area contributed by atoms with Gasteiger partial charge in [0.25, 0.3) is 0 Å². The van der Waals surface area contributed by atoms with Crippen LogP contribution in [-0.4, -0.2) is 29.0 Å². The Labute approximate surface area is 139 Å². The van der Waals surface area contributed by atoms with E-state index in [-0.39, 0.29) is 11.8 Å². The van der Waals surface area contributed by atoms with Gasteiger partial charge in [0, 0.05) is 18.0 Å². The molecule has 0 saturated carbocycles. The molecule has 1 aliphatic heterocycles. The van der Waals surface area contributed by atoms with E-state index < -0.39 is 0 Å². The molecule has 1 fully saturated rings. The number of amides is 1. The highest BCUT2D eigenvalue weighted by Crippen LogP contribution is 2.39. The van der Waals surface area contributed by atoms with E-state index in [2.05, 4.69) is 14.9 Å². The van der Waals surface area contributed by atoms with Crippen molar-refractivity contribution in [1.82, 2.24) is 9.97 Å². The Kier molecular flexibility index (Phi) is 3.93. The molecule has 4 rings (SSSR count). The van der Waals surface area contributed by atoms with Crippen molar-refractivity contribution in [2.24, 2.45) is 11.7 Å². The molecule has 0 radical (unpaired) electrons. The van der Waals surface area contributed by atoms with Crippen LogP contribution in [0.5, 0.6) is 0 Å². The molecule has 0 spiro atoms. The van der Waals surface area contributed by atoms with E-state index in [0.717, 1.165) is 36.5 Å². The summed E-state index contributed by atoms with van der Waals surface area (Å²) in [7, 11) is 0. The lowest BCUT2D eigenvalue weighted by atomic mass is 9.97. The molecule has 122 valence electrons. The molecule has 1 amide bonds. The maximum Gasteiger partial charge on any atom is 0.222 e. The Bertz CT molecular complexity index is 742. The zero-order chi connectivity index (χ0) is 15.8. The zero-order valence-corrected chi connectivity index (χ0v) is 14.1. The van der Waals surface area contributed by atoms with Gasteiger partial charge >= 0.3 is 0 Å². The van der Waals surface area contributed by atoms with Crippen molar-refractivity contribution in [3.8, 4) is 0 Å². The standard InChI is InChI=1S/C17H22N4OS/c18-15(22)11-5-4-8-21(9-11)16-14-12-6-2-1-3-7-13(12)23-17(14)20-10-19-16/h10-11H,1-9H2,(H2,18,22)/t11-/m1/s1. The minimum absolute atomic E-state index is 0.0639. The van der Waals surface area contributed by atoms with Crippen LogP contribution in [0.15, 0.2) is 6.33 Å². The summed E-state index contributed by atoms with van der Waals surface area (Å²) in [4.78, 5) is 25.5. The van der Waals surface area contributed by atoms with Gasteiger partial charge in [0.15, 0.2) is 0 Å². The fourth-order valence-electron chi connectivity index (χ4n) is 3.89. The molecule has 1 aliphatic carbocycles. The smallest absolute Gasteiger partial charge is 0.222 e. The number of hydrogen-bond donors (Lipinski definition) is 1. The largest absolute Gasteiger partial charge is 0.369 e. The second-order valence-corrected chi connectivity index (χ2v) is 7.71. The molecule has 1 saturated heterocycles. The summed E-state index contributed by atoms with van der Waals surface area (Å²) in [5, 5.41) is 1.24. The Hall–Kier alpha value is -1.69. The zero-order valence-electron chi connectivity index (χ0n) is 13.3. The number of aromatic nitrogens is 2. The number of aryl methyl sites for hydroxylation is 2. The van der Waals surface area contributed by atoms with Crippen molar-refractivity contribution in [2.75, 3.05) is 18.0 Å². The lowest BCUT2D eigenvalue weighted by molar-refractivity contribution is -0.122. The number of anilines is 1. The third kappa shape index (κ3) is 2.69. The fraction of sp³-hybridized carbons (Fsp3) is 0.588. The lowest BCUT2D eigenvalue weighted by Crippen LogP contribution is -2.41. The van der Waals surface area contributed by atoms with Crippen molar-refractivity contribution in [3.63, 3.8) is 0 Å². The van der Waals surface area contributed by atoms with Crippen LogP contribution in [0.3, 0.4) is 0 Å². The molecule has 3 heterocycles. The fourth-order valence-corrected chi connectivity index (χ4v) is 5.12. The molecular weight excluding hydrogens is 308 g/mol. The number of fused-ring (bicyclic) bond motifs is 3. The first-order chi connectivity index (χ1) is 11.2. The predicted molar refractivity (Wildman–Crippen MR) is 92.8 cm³/mol. The minimum atomic E-state index is -0.191. The number of rotatable bonds is 2. The number of piperidine rings is 1. The van der Waals surface area contributed by atoms with Gasteiger partial charge in [-0.25, -0.2) is 9.97 Å². The van der Waals surface area contributed by atoms with Crippen LogP contribution in [0.25, 0.3) is 10.2 Å². The maximum absolute atomic E-state index is 11.6. The van der Waals surface area contributed by atoms with Crippen molar-refractivity contribution in [3.05, 3.63) is 16.8 Å². The second-order valence-electron chi connectivity index (χ2n) is 6.63. The van der Waals surface area contributed by atoms with Crippen molar-refractivity contribution < 1.29 is 4.79 Å². The number of carbonyl (C=O) groups excluding carboxylic acids is 1. The van der Waals surface area contributed by atoms with Crippen LogP contribution in [-0.2, 0) is 17.6 Å². The predicted octanol–water partition coefficient (Wildman–Crippen LogP) is 2.66. The third-order valence-corrected chi connectivity index (χ3v) is 6.30. The third-order valence-electron chi connectivity index (χ3n) is 5.10. The molecule has 0 unspecified atom stereocenters. The first-order valence-corrected chi connectivity index (χ1v) is 9.35. The molecule has 5 nitrogen and oxygen atoms in total. The van der Waals surface area contributed by atoms with Gasteiger partial charge in [0.1, 0.15) is 17.0 Å². The van der Waals surface area contributed by atoms with E-state index in [9.17, 15) is 4.79 Å². The number of nitrogens with zero attached hydrogens (tertiary/aromatic N) is 3. The summed E-state index contributed by atoms with van der Waals surface area (Å²) in [6.45, 7) is 1.63. The lowest BCUT2D eigenvalue weighted by Gasteiger charge is -2.32. The highest BCUT2D eigenvalue weighted by Gasteiger charge is 2.28. The Balaban J connectivity index is 1.77. The number of primary amides is 1. The molecule has 2 aromatic heterocycles. The second kappa shape index (κ2) is 6.07. The first-order valence-electron chi connectivity index (χ1n) is 8.53. The maximum atomic E-state index is 11.6. The molecular formula is C17H22N4OS. The molecule has 2 aliphatic rings. The van der Waals surface area contributed by atoms with Gasteiger partial charge in [-0.2, -0.15) is 0 Å². The van der Waals surface area contributed by atoms with Crippen LogP contribution < -0.4 is 10.6 Å². The van der Waals surface area contributed by atoms with E-state index in [4.69, 9.17) is 5.73 Å². The average Bonchev–Trinajstić information content (AvgIpc) is 2.76. The van der Waals surface area contributed by atoms with Gasteiger partial charge in [-0.3, -0.25) is 4.79 Å². The van der Waals surface area contributed by atoms with Crippen LogP contribution in [0.2, 0.25) is 0 Å². The summed E-state index contributed by atoms with van der Waals surface area (Å²) >= 11 is 1.83. The highest BCUT2D eigenvalue weighted by molar-refractivity contribution is 7.18. The first kappa shape index (κ1) is 14.9. The van der Waals surface area contributed by atoms with Crippen LogP contribution >= 0.6 is 11.3 Å². The van der Waals surface area contributed by atoms with E-state index in [1.807, 2.05) is 11.3 Å². The van der Waals surface area contributed by atoms with E-state index in [0.29, 0.717) is 6.54 Å². The Morgan fingerprint density at radius 2 is 2.09 bits per heavy atom. The Morgan fingerprint density at radius 3 is 2.96 bits per heavy atom. The number of hydrogen-bond acceptors (Lipinski definition) is 5. The van der Waals surface area contributed by atoms with Gasteiger partial charge in [0.2, 0.25) is 5.91 Å². The molecule has 1 atom stereocenters. The van der Waals surface area contributed by atoms with E-state index in [1.165, 1.54) is 41.5 Å². The number of thiophene rings is 1. The quantitative estimate of drug-likeness (QED) is 0.859. The number of carbonyl (C=O) groups is 1. The Morgan fingerprint density at radius 1 is 1.22 bits per heavy atom. The van der Waals surface area contributed by atoms with Gasteiger partial charge in [-0.15, -0.1) is 11.3 Å². The minimum Gasteiger partial charge on any atom is -0.369 e. The van der Waals surface area contributed by atoms with E-state index in [1.54, 1.807) is 6.33 Å². The molecule has 0 bridgehead atoms. The summed E-state index contributed by atoms with van der Waals surface area (Å²) in [6.07, 6.45) is 9.67. The van der Waals surface area contributed by atoms with Crippen molar-refractivity contribution in [1.29, 1.82) is 0 Å². The summed E-state index contributed by atoms with van der Waals surface area (Å²) < 4.78 is 0. The molecule has 0 aromatic carbocycles. The van der Waals surface area contributed by atoms with E-state index >= 15 is 0 Å². The van der Waals surface area contributed by atoms with Gasteiger partial charge in [-0.1, -0.05) is 6.42 Å². The van der Waals surface area contributed by atoms with Gasteiger partial charge in [-0.05, 0) is 44.1 Å². The SMILES string of the molecule is NC(=O)[C@@H]1CCCN(c2ncnc3sc4c(c23)CCCCC4)C1. The van der Waals surface area contributed by atoms with Crippen molar-refractivity contribution in [2.45, 2.75) is 44.9 Å². The topological polar surface area (TPSA) is 72.1 Å². The van der Waals surface area contributed by atoms with Gasteiger partial charge < -0.3 is 10.6 Å². The molecule has 2 N–H and O–H groups in total. The summed E-state index contributed by atoms with van der Waals surface area (Å²) in [6, 6.07) is 0. The summed E-state index contributed by atoms with van der Waals surface area (Å²) in [5.41, 5.74) is 6.99. The van der Waals surface area contributed by atoms with Crippen LogP contribution in [0.4, 0.5) is 5.82 Å².